The molecule has 6 nitrogen and oxygen atoms in total. The number of piperidine rings is 1. The van der Waals surface area contributed by atoms with Gasteiger partial charge in [0.1, 0.15) is 0 Å². The number of hydrogen-bond acceptors (Lipinski definition) is 4. The van der Waals surface area contributed by atoms with Gasteiger partial charge in [0, 0.05) is 38.6 Å². The summed E-state index contributed by atoms with van der Waals surface area (Å²) in [7, 11) is -3.11. The summed E-state index contributed by atoms with van der Waals surface area (Å²) in [5.41, 5.74) is 5.78. The highest BCUT2D eigenvalue weighted by Gasteiger charge is 2.32. The van der Waals surface area contributed by atoms with Crippen LogP contribution in [0.2, 0.25) is 0 Å². The predicted octanol–water partition coefficient (Wildman–Crippen LogP) is -0.00220. The van der Waals surface area contributed by atoms with Crippen molar-refractivity contribution >= 4 is 15.9 Å². The van der Waals surface area contributed by atoms with Gasteiger partial charge in [0.05, 0.1) is 5.75 Å². The number of nitrogens with two attached hydrogens (primary N) is 1. The number of rotatable bonds is 4. The van der Waals surface area contributed by atoms with Crippen LogP contribution in [0.5, 0.6) is 0 Å². The highest BCUT2D eigenvalue weighted by Crippen LogP contribution is 2.23. The molecule has 2 aliphatic heterocycles. The SMILES string of the molecule is C[C@@H]1CCCN(C(=O)CCN2CCCS2(=O)=O)[C@H]1CN. The fourth-order valence-electron chi connectivity index (χ4n) is 3.22. The van der Waals surface area contributed by atoms with Gasteiger partial charge in [0.15, 0.2) is 0 Å². The van der Waals surface area contributed by atoms with Gasteiger partial charge in [-0.05, 0) is 25.2 Å². The lowest BCUT2D eigenvalue weighted by molar-refractivity contribution is -0.136. The molecule has 0 saturated carbocycles. The average molecular weight is 303 g/mol. The number of nitrogens with zero attached hydrogens (tertiary/aromatic N) is 2. The minimum atomic E-state index is -3.11. The number of carbonyl (C=O) groups excluding carboxylic acids is 1. The third kappa shape index (κ3) is 3.32. The Morgan fingerprint density at radius 2 is 2.05 bits per heavy atom. The summed E-state index contributed by atoms with van der Waals surface area (Å²) in [4.78, 5) is 14.2. The Balaban J connectivity index is 1.91. The maximum Gasteiger partial charge on any atom is 0.224 e. The van der Waals surface area contributed by atoms with Gasteiger partial charge in [-0.25, -0.2) is 12.7 Å². The van der Waals surface area contributed by atoms with Crippen molar-refractivity contribution in [1.82, 2.24) is 9.21 Å². The molecule has 2 fully saturated rings. The Morgan fingerprint density at radius 3 is 2.65 bits per heavy atom. The summed E-state index contributed by atoms with van der Waals surface area (Å²) in [6.45, 7) is 4.21. The molecule has 2 saturated heterocycles. The van der Waals surface area contributed by atoms with Gasteiger partial charge < -0.3 is 10.6 Å². The summed E-state index contributed by atoms with van der Waals surface area (Å²) >= 11 is 0. The lowest BCUT2D eigenvalue weighted by atomic mass is 9.90. The first-order chi connectivity index (χ1) is 9.45. The van der Waals surface area contributed by atoms with Crippen LogP contribution in [0.25, 0.3) is 0 Å². The Bertz CT molecular complexity index is 452. The van der Waals surface area contributed by atoms with E-state index in [2.05, 4.69) is 6.92 Å². The topological polar surface area (TPSA) is 83.7 Å². The van der Waals surface area contributed by atoms with Crippen molar-refractivity contribution in [1.29, 1.82) is 0 Å². The molecule has 0 radical (unpaired) electrons. The van der Waals surface area contributed by atoms with E-state index in [-0.39, 0.29) is 24.1 Å². The molecular formula is C13H25N3O3S. The summed E-state index contributed by atoms with van der Waals surface area (Å²) < 4.78 is 24.8. The van der Waals surface area contributed by atoms with Gasteiger partial charge in [-0.3, -0.25) is 4.79 Å². The fourth-order valence-corrected chi connectivity index (χ4v) is 4.75. The first-order valence-electron chi connectivity index (χ1n) is 7.43. The average Bonchev–Trinajstić information content (AvgIpc) is 2.74. The second-order valence-electron chi connectivity index (χ2n) is 5.83. The summed E-state index contributed by atoms with van der Waals surface area (Å²) in [6.07, 6.45) is 3.04. The molecule has 0 spiro atoms. The van der Waals surface area contributed by atoms with Crippen molar-refractivity contribution in [2.45, 2.75) is 38.6 Å². The van der Waals surface area contributed by atoms with Gasteiger partial charge in [-0.2, -0.15) is 0 Å². The molecule has 2 atom stereocenters. The first-order valence-corrected chi connectivity index (χ1v) is 9.04. The van der Waals surface area contributed by atoms with E-state index in [1.54, 1.807) is 0 Å². The van der Waals surface area contributed by atoms with Crippen LogP contribution in [0, 0.1) is 5.92 Å². The van der Waals surface area contributed by atoms with E-state index in [1.165, 1.54) is 4.31 Å². The van der Waals surface area contributed by atoms with Gasteiger partial charge in [-0.1, -0.05) is 6.92 Å². The van der Waals surface area contributed by atoms with Crippen molar-refractivity contribution in [3.8, 4) is 0 Å². The molecule has 2 N–H and O–H groups in total. The number of hydrogen-bond donors (Lipinski definition) is 1. The Kier molecular flexibility index (Phi) is 5.04. The zero-order chi connectivity index (χ0) is 14.8. The molecule has 0 aliphatic carbocycles. The smallest absolute Gasteiger partial charge is 0.224 e. The molecular weight excluding hydrogens is 278 g/mol. The molecule has 0 aromatic rings. The first kappa shape index (κ1) is 15.7. The van der Waals surface area contributed by atoms with Gasteiger partial charge in [0.25, 0.3) is 0 Å². The van der Waals surface area contributed by atoms with E-state index >= 15 is 0 Å². The van der Waals surface area contributed by atoms with E-state index in [1.807, 2.05) is 4.90 Å². The van der Waals surface area contributed by atoms with Crippen LogP contribution in [0.3, 0.4) is 0 Å². The molecule has 7 heteroatoms. The van der Waals surface area contributed by atoms with Crippen molar-refractivity contribution in [2.75, 3.05) is 31.9 Å². The second-order valence-corrected chi connectivity index (χ2v) is 7.92. The maximum atomic E-state index is 12.3. The normalized spacial score (nSPS) is 30.6. The van der Waals surface area contributed by atoms with Crippen LogP contribution in [0.15, 0.2) is 0 Å². The van der Waals surface area contributed by atoms with Crippen LogP contribution in [0.1, 0.15) is 32.6 Å². The van der Waals surface area contributed by atoms with Gasteiger partial charge in [-0.15, -0.1) is 0 Å². The summed E-state index contributed by atoms with van der Waals surface area (Å²) in [5, 5.41) is 0. The summed E-state index contributed by atoms with van der Waals surface area (Å²) in [5.74, 6) is 0.676. The third-order valence-electron chi connectivity index (χ3n) is 4.46. The zero-order valence-corrected chi connectivity index (χ0v) is 12.9. The van der Waals surface area contributed by atoms with Crippen LogP contribution >= 0.6 is 0 Å². The summed E-state index contributed by atoms with van der Waals surface area (Å²) in [6, 6.07) is 0.103. The Morgan fingerprint density at radius 1 is 1.30 bits per heavy atom. The van der Waals surface area contributed by atoms with Crippen LogP contribution in [-0.2, 0) is 14.8 Å². The number of sulfonamides is 1. The Hall–Kier alpha value is -0.660. The van der Waals surface area contributed by atoms with Crippen molar-refractivity contribution in [3.63, 3.8) is 0 Å². The molecule has 2 heterocycles. The van der Waals surface area contributed by atoms with E-state index < -0.39 is 10.0 Å². The highest BCUT2D eigenvalue weighted by molar-refractivity contribution is 7.89. The standard InChI is InChI=1S/C13H25N3O3S/c1-11-4-2-7-16(12(11)10-14)13(17)5-8-15-6-3-9-20(15,18)19/h11-12H,2-10,14H2,1H3/t11-,12+/m1/s1. The minimum absolute atomic E-state index is 0.0362. The van der Waals surface area contributed by atoms with E-state index in [4.69, 9.17) is 5.73 Å². The molecule has 1 amide bonds. The van der Waals surface area contributed by atoms with E-state index in [0.29, 0.717) is 32.0 Å². The van der Waals surface area contributed by atoms with Crippen molar-refractivity contribution < 1.29 is 13.2 Å². The van der Waals surface area contributed by atoms with Crippen LogP contribution in [0.4, 0.5) is 0 Å². The second kappa shape index (κ2) is 6.41. The molecule has 0 aromatic heterocycles. The molecule has 20 heavy (non-hydrogen) atoms. The van der Waals surface area contributed by atoms with E-state index in [9.17, 15) is 13.2 Å². The van der Waals surface area contributed by atoms with Crippen molar-refractivity contribution in [3.05, 3.63) is 0 Å². The van der Waals surface area contributed by atoms with Crippen LogP contribution in [-0.4, -0.2) is 61.5 Å². The Labute approximate surface area is 121 Å². The number of carbonyl (C=O) groups is 1. The van der Waals surface area contributed by atoms with Crippen molar-refractivity contribution in [2.24, 2.45) is 11.7 Å². The largest absolute Gasteiger partial charge is 0.338 e. The van der Waals surface area contributed by atoms with E-state index in [0.717, 1.165) is 19.4 Å². The molecule has 0 aromatic carbocycles. The monoisotopic (exact) mass is 303 g/mol. The minimum Gasteiger partial charge on any atom is -0.338 e. The predicted molar refractivity (Wildman–Crippen MR) is 77.5 cm³/mol. The highest BCUT2D eigenvalue weighted by atomic mass is 32.2. The lowest BCUT2D eigenvalue weighted by Crippen LogP contribution is -2.51. The third-order valence-corrected chi connectivity index (χ3v) is 6.41. The molecule has 116 valence electrons. The number of amides is 1. The lowest BCUT2D eigenvalue weighted by Gasteiger charge is -2.39. The molecule has 2 aliphatic rings. The van der Waals surface area contributed by atoms with Gasteiger partial charge in [0.2, 0.25) is 15.9 Å². The van der Waals surface area contributed by atoms with Crippen LogP contribution < -0.4 is 5.73 Å². The number of likely N-dealkylation sites (tertiary alicyclic amines) is 1. The molecule has 2 rings (SSSR count). The molecule has 0 bridgehead atoms. The zero-order valence-electron chi connectivity index (χ0n) is 12.1. The fraction of sp³-hybridized carbons (Fsp3) is 0.923. The maximum absolute atomic E-state index is 12.3. The quantitative estimate of drug-likeness (QED) is 0.792. The molecule has 0 unspecified atom stereocenters. The van der Waals surface area contributed by atoms with Gasteiger partial charge >= 0.3 is 0 Å².